The van der Waals surface area contributed by atoms with E-state index in [0.717, 1.165) is 20.7 Å². The van der Waals surface area contributed by atoms with Crippen LogP contribution >= 0.6 is 22.6 Å². The molecule has 0 spiro atoms. The molecule has 3 heteroatoms. The quantitative estimate of drug-likeness (QED) is 0.670. The fourth-order valence-corrected chi connectivity index (χ4v) is 1.45. The third-order valence-electron chi connectivity index (χ3n) is 1.30. The summed E-state index contributed by atoms with van der Waals surface area (Å²) in [5, 5.41) is 0. The first-order valence-corrected chi connectivity index (χ1v) is 3.99. The van der Waals surface area contributed by atoms with Gasteiger partial charge in [0, 0.05) is 12.1 Å². The van der Waals surface area contributed by atoms with Gasteiger partial charge in [0.25, 0.3) is 0 Å². The number of rotatable bonds is 0. The van der Waals surface area contributed by atoms with Crippen LogP contribution in [0.1, 0.15) is 5.76 Å². The molecule has 0 amide bonds. The molecule has 2 rings (SSSR count). The molecule has 0 saturated heterocycles. The Bertz CT molecular complexity index is 295. The van der Waals surface area contributed by atoms with Crippen LogP contribution in [0.5, 0.6) is 0 Å². The third kappa shape index (κ3) is 0.847. The van der Waals surface area contributed by atoms with E-state index in [9.17, 15) is 0 Å². The Hall–Kier alpha value is -0.450. The van der Waals surface area contributed by atoms with E-state index in [1.54, 1.807) is 0 Å². The van der Waals surface area contributed by atoms with E-state index in [2.05, 4.69) is 22.6 Å². The Balaban J connectivity index is 2.83. The van der Waals surface area contributed by atoms with E-state index in [0.29, 0.717) is 0 Å². The van der Waals surface area contributed by atoms with Gasteiger partial charge in [-0.1, -0.05) is 0 Å². The molecule has 0 atom stereocenters. The zero-order valence-corrected chi connectivity index (χ0v) is 7.51. The topological polar surface area (TPSA) is 26.3 Å². The lowest BCUT2D eigenvalue weighted by molar-refractivity contribution is 0.577. The van der Waals surface area contributed by atoms with Crippen molar-refractivity contribution in [2.75, 3.05) is 0 Å². The Morgan fingerprint density at radius 1 is 1.20 bits per heavy atom. The lowest BCUT2D eigenvalue weighted by Crippen LogP contribution is -1.55. The van der Waals surface area contributed by atoms with Crippen molar-refractivity contribution in [2.24, 2.45) is 0 Å². The molecule has 0 saturated carbocycles. The first-order chi connectivity index (χ1) is 4.75. The molecule has 2 aromatic rings. The van der Waals surface area contributed by atoms with Gasteiger partial charge in [-0.05, 0) is 29.5 Å². The monoisotopic (exact) mass is 248 g/mol. The molecule has 2 aromatic heterocycles. The number of aryl methyl sites for hydroxylation is 1. The highest BCUT2D eigenvalue weighted by Gasteiger charge is 2.04. The largest absolute Gasteiger partial charge is 0.458 e. The van der Waals surface area contributed by atoms with Gasteiger partial charge in [0.05, 0.1) is 0 Å². The van der Waals surface area contributed by atoms with Gasteiger partial charge in [-0.3, -0.25) is 0 Å². The summed E-state index contributed by atoms with van der Waals surface area (Å²) in [4.78, 5) is 0. The standard InChI is InChI=1S/C7H5IO2/c1-4-2-5-6(9-4)3-7(8)10-5/h2-3H,1H3. The second-order valence-electron chi connectivity index (χ2n) is 2.14. The van der Waals surface area contributed by atoms with Gasteiger partial charge in [-0.2, -0.15) is 0 Å². The summed E-state index contributed by atoms with van der Waals surface area (Å²) in [6.07, 6.45) is 0. The molecule has 0 N–H and O–H groups in total. The normalized spacial score (nSPS) is 11.0. The van der Waals surface area contributed by atoms with Crippen LogP contribution < -0.4 is 0 Å². The van der Waals surface area contributed by atoms with Gasteiger partial charge in [-0.25, -0.2) is 0 Å². The van der Waals surface area contributed by atoms with Gasteiger partial charge >= 0.3 is 0 Å². The highest BCUT2D eigenvalue weighted by molar-refractivity contribution is 14.1. The van der Waals surface area contributed by atoms with Gasteiger partial charge < -0.3 is 8.83 Å². The molecule has 0 aromatic carbocycles. The Kier molecular flexibility index (Phi) is 1.26. The number of hydrogen-bond acceptors (Lipinski definition) is 2. The lowest BCUT2D eigenvalue weighted by Gasteiger charge is -1.75. The molecule has 0 aliphatic carbocycles. The summed E-state index contributed by atoms with van der Waals surface area (Å²) in [5.74, 6) is 0.894. The van der Waals surface area contributed by atoms with Crippen molar-refractivity contribution in [3.63, 3.8) is 0 Å². The van der Waals surface area contributed by atoms with Crippen LogP contribution in [0.2, 0.25) is 0 Å². The molecule has 0 bridgehead atoms. The van der Waals surface area contributed by atoms with Crippen molar-refractivity contribution in [3.05, 3.63) is 21.7 Å². The molecular weight excluding hydrogens is 243 g/mol. The second kappa shape index (κ2) is 2.02. The van der Waals surface area contributed by atoms with Crippen LogP contribution in [-0.2, 0) is 0 Å². The average molecular weight is 248 g/mol. The maximum Gasteiger partial charge on any atom is 0.174 e. The first kappa shape index (κ1) is 6.27. The predicted octanol–water partition coefficient (Wildman–Crippen LogP) is 2.94. The molecule has 52 valence electrons. The fourth-order valence-electron chi connectivity index (χ4n) is 0.927. The SMILES string of the molecule is Cc1cc2oc(I)cc2o1. The Morgan fingerprint density at radius 2 is 1.90 bits per heavy atom. The first-order valence-electron chi connectivity index (χ1n) is 2.91. The van der Waals surface area contributed by atoms with Crippen LogP contribution in [-0.4, -0.2) is 0 Å². The minimum Gasteiger partial charge on any atom is -0.458 e. The zero-order chi connectivity index (χ0) is 7.14. The maximum absolute atomic E-state index is 5.29. The fraction of sp³-hybridized carbons (Fsp3) is 0.143. The van der Waals surface area contributed by atoms with Crippen LogP contribution in [0.3, 0.4) is 0 Å². The second-order valence-corrected chi connectivity index (χ2v) is 3.20. The minimum absolute atomic E-state index is 0.835. The molecule has 0 radical (unpaired) electrons. The molecule has 2 nitrogen and oxygen atoms in total. The molecule has 0 fully saturated rings. The van der Waals surface area contributed by atoms with Crippen LogP contribution in [0.4, 0.5) is 0 Å². The molecule has 10 heavy (non-hydrogen) atoms. The van der Waals surface area contributed by atoms with Crippen molar-refractivity contribution in [2.45, 2.75) is 6.92 Å². The van der Waals surface area contributed by atoms with E-state index in [1.165, 1.54) is 0 Å². The van der Waals surface area contributed by atoms with Crippen molar-refractivity contribution < 1.29 is 8.83 Å². The Morgan fingerprint density at radius 3 is 2.60 bits per heavy atom. The van der Waals surface area contributed by atoms with Crippen molar-refractivity contribution in [1.82, 2.24) is 0 Å². The lowest BCUT2D eigenvalue weighted by atomic mass is 10.5. The molecule has 0 unspecified atom stereocenters. The van der Waals surface area contributed by atoms with E-state index >= 15 is 0 Å². The van der Waals surface area contributed by atoms with Crippen LogP contribution in [0.25, 0.3) is 11.2 Å². The summed E-state index contributed by atoms with van der Waals surface area (Å²) in [7, 11) is 0. The summed E-state index contributed by atoms with van der Waals surface area (Å²) >= 11 is 2.11. The van der Waals surface area contributed by atoms with Crippen molar-refractivity contribution in [1.29, 1.82) is 0 Å². The summed E-state index contributed by atoms with van der Waals surface area (Å²) in [5.41, 5.74) is 1.67. The number of furan rings is 2. The molecular formula is C7H5IO2. The Labute approximate surface area is 71.3 Å². The zero-order valence-electron chi connectivity index (χ0n) is 5.35. The number of hydrogen-bond donors (Lipinski definition) is 0. The summed E-state index contributed by atoms with van der Waals surface area (Å²) in [6, 6.07) is 3.76. The smallest absolute Gasteiger partial charge is 0.174 e. The third-order valence-corrected chi connectivity index (χ3v) is 1.83. The molecule has 0 aliphatic heterocycles. The van der Waals surface area contributed by atoms with E-state index in [-0.39, 0.29) is 0 Å². The maximum atomic E-state index is 5.29. The van der Waals surface area contributed by atoms with Crippen molar-refractivity contribution >= 4 is 33.8 Å². The van der Waals surface area contributed by atoms with E-state index < -0.39 is 0 Å². The van der Waals surface area contributed by atoms with Crippen LogP contribution in [0, 0.1) is 10.7 Å². The molecule has 2 heterocycles. The van der Waals surface area contributed by atoms with Crippen molar-refractivity contribution in [3.8, 4) is 0 Å². The summed E-state index contributed by atoms with van der Waals surface area (Å²) in [6.45, 7) is 1.91. The molecule has 0 aliphatic rings. The van der Waals surface area contributed by atoms with Gasteiger partial charge in [-0.15, -0.1) is 0 Å². The highest BCUT2D eigenvalue weighted by Crippen LogP contribution is 2.23. The van der Waals surface area contributed by atoms with Gasteiger partial charge in [0.2, 0.25) is 0 Å². The van der Waals surface area contributed by atoms with E-state index in [4.69, 9.17) is 8.83 Å². The number of fused-ring (bicyclic) bond motifs is 1. The highest BCUT2D eigenvalue weighted by atomic mass is 127. The minimum atomic E-state index is 0.835. The number of halogens is 1. The summed E-state index contributed by atoms with van der Waals surface area (Å²) < 4.78 is 11.4. The van der Waals surface area contributed by atoms with E-state index in [1.807, 2.05) is 19.1 Å². The van der Waals surface area contributed by atoms with Gasteiger partial charge in [0.15, 0.2) is 14.9 Å². The van der Waals surface area contributed by atoms with Crippen LogP contribution in [0.15, 0.2) is 21.0 Å². The predicted molar refractivity (Wildman–Crippen MR) is 45.9 cm³/mol. The average Bonchev–Trinajstić information content (AvgIpc) is 2.21. The van der Waals surface area contributed by atoms with Gasteiger partial charge in [0.1, 0.15) is 5.76 Å².